The molecule has 0 spiro atoms. The van der Waals surface area contributed by atoms with Crippen molar-refractivity contribution in [2.75, 3.05) is 13.2 Å². The lowest BCUT2D eigenvalue weighted by molar-refractivity contribution is 0.215. The predicted molar refractivity (Wildman–Crippen MR) is 82.8 cm³/mol. The van der Waals surface area contributed by atoms with Crippen LogP contribution in [-0.2, 0) is 0 Å². The Labute approximate surface area is 125 Å². The number of benzene rings is 2. The van der Waals surface area contributed by atoms with Gasteiger partial charge in [0.15, 0.2) is 0 Å². The zero-order valence-electron chi connectivity index (χ0n) is 12.6. The second kappa shape index (κ2) is 6.81. The first-order chi connectivity index (χ1) is 10.1. The van der Waals surface area contributed by atoms with Crippen molar-refractivity contribution in [1.82, 2.24) is 0 Å². The minimum Gasteiger partial charge on any atom is -0.489 e. The van der Waals surface area contributed by atoms with E-state index in [2.05, 4.69) is 32.0 Å². The van der Waals surface area contributed by atoms with Gasteiger partial charge in [0.2, 0.25) is 0 Å². The smallest absolute Gasteiger partial charge is 0.137 e. The van der Waals surface area contributed by atoms with E-state index < -0.39 is 0 Å². The average Bonchev–Trinajstić information content (AvgIpc) is 2.50. The van der Waals surface area contributed by atoms with Gasteiger partial charge < -0.3 is 9.47 Å². The highest BCUT2D eigenvalue weighted by Gasteiger charge is 2.07. The molecule has 0 aliphatic carbocycles. The summed E-state index contributed by atoms with van der Waals surface area (Å²) < 4.78 is 11.4. The van der Waals surface area contributed by atoms with E-state index in [0.29, 0.717) is 24.5 Å². The van der Waals surface area contributed by atoms with Crippen LogP contribution in [0.4, 0.5) is 0 Å². The third-order valence-corrected chi connectivity index (χ3v) is 3.47. The standard InChI is InChI=1S/C18H19NO2/c1-13-8-9-14(2)18(15(13)3)21-11-10-20-17-7-5-4-6-16(17)12-19/h4-9H,10-11H2,1-3H3. The molecule has 0 fully saturated rings. The highest BCUT2D eigenvalue weighted by Crippen LogP contribution is 2.25. The van der Waals surface area contributed by atoms with Gasteiger partial charge in [-0.15, -0.1) is 0 Å². The molecular formula is C18H19NO2. The lowest BCUT2D eigenvalue weighted by Gasteiger charge is -2.14. The second-order valence-electron chi connectivity index (χ2n) is 4.96. The summed E-state index contributed by atoms with van der Waals surface area (Å²) in [5, 5.41) is 9.00. The fraction of sp³-hybridized carbons (Fsp3) is 0.278. The lowest BCUT2D eigenvalue weighted by Crippen LogP contribution is -2.11. The first-order valence-corrected chi connectivity index (χ1v) is 6.95. The van der Waals surface area contributed by atoms with Gasteiger partial charge in [-0.25, -0.2) is 0 Å². The van der Waals surface area contributed by atoms with Gasteiger partial charge in [-0.3, -0.25) is 0 Å². The molecule has 2 aromatic rings. The van der Waals surface area contributed by atoms with Crippen molar-refractivity contribution in [3.05, 3.63) is 58.7 Å². The minimum atomic E-state index is 0.408. The van der Waals surface area contributed by atoms with Gasteiger partial charge in [0.05, 0.1) is 5.56 Å². The average molecular weight is 281 g/mol. The molecule has 2 aromatic carbocycles. The molecular weight excluding hydrogens is 262 g/mol. The first kappa shape index (κ1) is 14.9. The summed E-state index contributed by atoms with van der Waals surface area (Å²) in [5.74, 6) is 1.52. The number of ether oxygens (including phenoxy) is 2. The van der Waals surface area contributed by atoms with Crippen LogP contribution >= 0.6 is 0 Å². The molecule has 0 radical (unpaired) electrons. The third kappa shape index (κ3) is 3.55. The van der Waals surface area contributed by atoms with E-state index in [-0.39, 0.29) is 0 Å². The molecule has 0 bridgehead atoms. The molecule has 0 heterocycles. The van der Waals surface area contributed by atoms with E-state index in [0.717, 1.165) is 16.9 Å². The maximum absolute atomic E-state index is 9.00. The highest BCUT2D eigenvalue weighted by atomic mass is 16.5. The number of nitriles is 1. The highest BCUT2D eigenvalue weighted by molar-refractivity contribution is 5.44. The van der Waals surface area contributed by atoms with Crippen LogP contribution in [0.3, 0.4) is 0 Å². The van der Waals surface area contributed by atoms with Crippen LogP contribution in [0.2, 0.25) is 0 Å². The molecule has 21 heavy (non-hydrogen) atoms. The van der Waals surface area contributed by atoms with E-state index in [1.54, 1.807) is 12.1 Å². The molecule has 0 saturated carbocycles. The van der Waals surface area contributed by atoms with Gasteiger partial charge in [0.1, 0.15) is 30.8 Å². The van der Waals surface area contributed by atoms with Crippen LogP contribution in [0.5, 0.6) is 11.5 Å². The van der Waals surface area contributed by atoms with Crippen LogP contribution in [0.15, 0.2) is 36.4 Å². The Bertz CT molecular complexity index is 671. The monoisotopic (exact) mass is 281 g/mol. The van der Waals surface area contributed by atoms with E-state index in [1.807, 2.05) is 19.1 Å². The Morgan fingerprint density at radius 2 is 1.57 bits per heavy atom. The molecule has 3 heteroatoms. The zero-order chi connectivity index (χ0) is 15.2. The maximum atomic E-state index is 9.00. The molecule has 0 atom stereocenters. The summed E-state index contributed by atoms with van der Waals surface area (Å²) in [7, 11) is 0. The van der Waals surface area contributed by atoms with Gasteiger partial charge in [-0.1, -0.05) is 24.3 Å². The van der Waals surface area contributed by atoms with E-state index in [9.17, 15) is 0 Å². The third-order valence-electron chi connectivity index (χ3n) is 3.47. The van der Waals surface area contributed by atoms with Crippen LogP contribution in [0.1, 0.15) is 22.3 Å². The summed E-state index contributed by atoms with van der Waals surface area (Å²) in [6.45, 7) is 7.02. The number of aryl methyl sites for hydroxylation is 2. The molecule has 108 valence electrons. The number of para-hydroxylation sites is 1. The van der Waals surface area contributed by atoms with Gasteiger partial charge in [-0.2, -0.15) is 5.26 Å². The van der Waals surface area contributed by atoms with Crippen molar-refractivity contribution in [3.63, 3.8) is 0 Å². The molecule has 0 N–H and O–H groups in total. The molecule has 0 amide bonds. The van der Waals surface area contributed by atoms with Crippen molar-refractivity contribution in [1.29, 1.82) is 5.26 Å². The Morgan fingerprint density at radius 3 is 2.33 bits per heavy atom. The SMILES string of the molecule is Cc1ccc(C)c(OCCOc2ccccc2C#N)c1C. The number of hydrogen-bond acceptors (Lipinski definition) is 3. The Balaban J connectivity index is 1.94. The molecule has 0 aliphatic rings. The summed E-state index contributed by atoms with van der Waals surface area (Å²) in [6.07, 6.45) is 0. The minimum absolute atomic E-state index is 0.408. The molecule has 2 rings (SSSR count). The summed E-state index contributed by atoms with van der Waals surface area (Å²) in [6, 6.07) is 13.5. The summed E-state index contributed by atoms with van der Waals surface area (Å²) >= 11 is 0. The van der Waals surface area contributed by atoms with Crippen molar-refractivity contribution < 1.29 is 9.47 Å². The lowest BCUT2D eigenvalue weighted by atomic mass is 10.1. The van der Waals surface area contributed by atoms with Crippen LogP contribution in [-0.4, -0.2) is 13.2 Å². The van der Waals surface area contributed by atoms with E-state index in [1.165, 1.54) is 5.56 Å². The van der Waals surface area contributed by atoms with Crippen molar-refractivity contribution in [2.45, 2.75) is 20.8 Å². The quantitative estimate of drug-likeness (QED) is 0.779. The molecule has 0 saturated heterocycles. The Kier molecular flexibility index (Phi) is 4.84. The normalized spacial score (nSPS) is 10.0. The summed E-state index contributed by atoms with van der Waals surface area (Å²) in [5.41, 5.74) is 4.04. The molecule has 0 aromatic heterocycles. The number of rotatable bonds is 5. The van der Waals surface area contributed by atoms with Gasteiger partial charge >= 0.3 is 0 Å². The van der Waals surface area contributed by atoms with Crippen LogP contribution in [0, 0.1) is 32.1 Å². The van der Waals surface area contributed by atoms with Gasteiger partial charge in [0, 0.05) is 0 Å². The molecule has 3 nitrogen and oxygen atoms in total. The predicted octanol–water partition coefficient (Wildman–Crippen LogP) is 3.94. The number of hydrogen-bond donors (Lipinski definition) is 0. The van der Waals surface area contributed by atoms with Crippen molar-refractivity contribution >= 4 is 0 Å². The first-order valence-electron chi connectivity index (χ1n) is 6.95. The summed E-state index contributed by atoms with van der Waals surface area (Å²) in [4.78, 5) is 0. The Hall–Kier alpha value is -2.47. The topological polar surface area (TPSA) is 42.2 Å². The molecule has 0 unspecified atom stereocenters. The van der Waals surface area contributed by atoms with E-state index >= 15 is 0 Å². The van der Waals surface area contributed by atoms with Crippen LogP contribution < -0.4 is 9.47 Å². The van der Waals surface area contributed by atoms with Gasteiger partial charge in [0.25, 0.3) is 0 Å². The zero-order valence-corrected chi connectivity index (χ0v) is 12.6. The maximum Gasteiger partial charge on any atom is 0.137 e. The Morgan fingerprint density at radius 1 is 0.905 bits per heavy atom. The largest absolute Gasteiger partial charge is 0.489 e. The van der Waals surface area contributed by atoms with Crippen molar-refractivity contribution in [2.24, 2.45) is 0 Å². The van der Waals surface area contributed by atoms with Crippen LogP contribution in [0.25, 0.3) is 0 Å². The second-order valence-corrected chi connectivity index (χ2v) is 4.96. The number of nitrogens with zero attached hydrogens (tertiary/aromatic N) is 1. The fourth-order valence-corrected chi connectivity index (χ4v) is 2.13. The van der Waals surface area contributed by atoms with Crippen molar-refractivity contribution in [3.8, 4) is 17.6 Å². The van der Waals surface area contributed by atoms with Gasteiger partial charge in [-0.05, 0) is 49.6 Å². The fourth-order valence-electron chi connectivity index (χ4n) is 2.13. The molecule has 0 aliphatic heterocycles. The van der Waals surface area contributed by atoms with E-state index in [4.69, 9.17) is 14.7 Å².